The molecule has 0 unspecified atom stereocenters. The van der Waals surface area contributed by atoms with E-state index in [2.05, 4.69) is 37.9 Å². The van der Waals surface area contributed by atoms with Crippen molar-refractivity contribution in [2.75, 3.05) is 25.1 Å². The molecule has 2 aromatic heterocycles. The fourth-order valence-electron chi connectivity index (χ4n) is 3.54. The summed E-state index contributed by atoms with van der Waals surface area (Å²) in [6, 6.07) is 3.01. The maximum Gasteiger partial charge on any atom is 0.326 e. The van der Waals surface area contributed by atoms with Crippen molar-refractivity contribution in [3.05, 3.63) is 46.7 Å². The van der Waals surface area contributed by atoms with Crippen LogP contribution in [0.15, 0.2) is 18.3 Å². The second kappa shape index (κ2) is 11.5. The van der Waals surface area contributed by atoms with Gasteiger partial charge in [-0.1, -0.05) is 6.07 Å². The Morgan fingerprint density at radius 3 is 2.94 bits per heavy atom. The Labute approximate surface area is 185 Å². The van der Waals surface area contributed by atoms with Gasteiger partial charge in [0.15, 0.2) is 5.82 Å². The van der Waals surface area contributed by atoms with Gasteiger partial charge in [-0.05, 0) is 50.7 Å². The lowest BCUT2D eigenvalue weighted by atomic mass is 10.1. The van der Waals surface area contributed by atoms with Crippen LogP contribution in [0.3, 0.4) is 0 Å². The highest BCUT2D eigenvalue weighted by atomic mass is 19.1. The van der Waals surface area contributed by atoms with Crippen LogP contribution in [0, 0.1) is 12.7 Å². The van der Waals surface area contributed by atoms with Gasteiger partial charge in [0.2, 0.25) is 0 Å². The molecule has 0 saturated heterocycles. The van der Waals surface area contributed by atoms with E-state index >= 15 is 0 Å². The zero-order valence-electron chi connectivity index (χ0n) is 18.1. The van der Waals surface area contributed by atoms with Crippen molar-refractivity contribution in [2.45, 2.75) is 51.5 Å². The fraction of sp³-hybridized carbons (Fsp3) is 0.500. The molecule has 1 atom stereocenters. The first-order valence-electron chi connectivity index (χ1n) is 10.8. The normalized spacial score (nSPS) is 13.7. The topological polar surface area (TPSA) is 126 Å². The van der Waals surface area contributed by atoms with Crippen molar-refractivity contribution >= 4 is 17.7 Å². The van der Waals surface area contributed by atoms with E-state index in [1.807, 2.05) is 0 Å². The number of anilines is 1. The number of amides is 1. The van der Waals surface area contributed by atoms with E-state index in [0.29, 0.717) is 6.61 Å². The minimum atomic E-state index is -1.21. The van der Waals surface area contributed by atoms with Crippen molar-refractivity contribution in [2.24, 2.45) is 0 Å². The summed E-state index contributed by atoms with van der Waals surface area (Å²) in [5.41, 5.74) is 2.09. The summed E-state index contributed by atoms with van der Waals surface area (Å²) in [4.78, 5) is 28.4. The molecule has 0 saturated carbocycles. The molecular formula is C22H28FN5O4. The predicted molar refractivity (Wildman–Crippen MR) is 115 cm³/mol. The number of hydrogen-bond acceptors (Lipinski definition) is 7. The van der Waals surface area contributed by atoms with E-state index in [-0.39, 0.29) is 24.3 Å². The average molecular weight is 445 g/mol. The monoisotopic (exact) mass is 445 g/mol. The van der Waals surface area contributed by atoms with Crippen LogP contribution < -0.4 is 10.6 Å². The molecule has 0 radical (unpaired) electrons. The van der Waals surface area contributed by atoms with Gasteiger partial charge < -0.3 is 20.5 Å². The smallest absolute Gasteiger partial charge is 0.326 e. The van der Waals surface area contributed by atoms with E-state index in [4.69, 9.17) is 4.74 Å². The third-order valence-electron chi connectivity index (χ3n) is 5.28. The summed E-state index contributed by atoms with van der Waals surface area (Å²) >= 11 is 0. The maximum absolute atomic E-state index is 13.8. The minimum absolute atomic E-state index is 0.0678. The third-order valence-corrected chi connectivity index (χ3v) is 5.28. The molecule has 0 bridgehead atoms. The Bertz CT molecular complexity index is 936. The summed E-state index contributed by atoms with van der Waals surface area (Å²) in [7, 11) is 0. The molecule has 2 aromatic rings. The number of fused-ring (bicyclic) bond motifs is 1. The van der Waals surface area contributed by atoms with Crippen LogP contribution in [-0.2, 0) is 22.4 Å². The quantitative estimate of drug-likeness (QED) is 0.450. The van der Waals surface area contributed by atoms with Gasteiger partial charge in [0.1, 0.15) is 11.9 Å². The van der Waals surface area contributed by atoms with Crippen molar-refractivity contribution in [1.29, 1.82) is 0 Å². The van der Waals surface area contributed by atoms with E-state index in [0.717, 1.165) is 56.4 Å². The first-order valence-corrected chi connectivity index (χ1v) is 10.8. The summed E-state index contributed by atoms with van der Waals surface area (Å²) < 4.78 is 19.4. The summed E-state index contributed by atoms with van der Waals surface area (Å²) in [6.07, 6.45) is 5.64. The van der Waals surface area contributed by atoms with E-state index in [9.17, 15) is 19.1 Å². The van der Waals surface area contributed by atoms with E-state index in [1.165, 1.54) is 12.5 Å². The molecule has 0 spiro atoms. The molecule has 3 rings (SSSR count). The highest BCUT2D eigenvalue weighted by Crippen LogP contribution is 2.20. The van der Waals surface area contributed by atoms with Gasteiger partial charge in [0.05, 0.1) is 17.5 Å². The Morgan fingerprint density at radius 2 is 2.16 bits per heavy atom. The number of aromatic nitrogens is 3. The SMILES string of the molecule is Cc1nncc(F)c1C(=O)N[C@@H](CCOCCCCc1ccc2c(n1)NCCC2)C(=O)O. The number of carboxylic acids is 1. The summed E-state index contributed by atoms with van der Waals surface area (Å²) in [6.45, 7) is 3.03. The minimum Gasteiger partial charge on any atom is -0.480 e. The van der Waals surface area contributed by atoms with Crippen LogP contribution in [0.4, 0.5) is 10.2 Å². The number of rotatable bonds is 11. The molecule has 1 aliphatic heterocycles. The number of nitrogens with zero attached hydrogens (tertiary/aromatic N) is 3. The highest BCUT2D eigenvalue weighted by Gasteiger charge is 2.24. The highest BCUT2D eigenvalue weighted by molar-refractivity contribution is 5.97. The molecule has 0 aliphatic carbocycles. The molecule has 1 amide bonds. The van der Waals surface area contributed by atoms with Crippen LogP contribution in [0.5, 0.6) is 0 Å². The van der Waals surface area contributed by atoms with Crippen molar-refractivity contribution < 1.29 is 23.8 Å². The number of aryl methyl sites for hydroxylation is 3. The maximum atomic E-state index is 13.8. The van der Waals surface area contributed by atoms with Crippen LogP contribution in [-0.4, -0.2) is 58.0 Å². The molecule has 172 valence electrons. The van der Waals surface area contributed by atoms with Gasteiger partial charge in [-0.15, -0.1) is 0 Å². The Morgan fingerprint density at radius 1 is 1.31 bits per heavy atom. The lowest BCUT2D eigenvalue weighted by Crippen LogP contribution is -2.42. The van der Waals surface area contributed by atoms with Crippen molar-refractivity contribution in [1.82, 2.24) is 20.5 Å². The van der Waals surface area contributed by atoms with Crippen molar-refractivity contribution in [3.8, 4) is 0 Å². The zero-order chi connectivity index (χ0) is 22.9. The second-order valence-corrected chi connectivity index (χ2v) is 7.72. The van der Waals surface area contributed by atoms with Crippen LogP contribution >= 0.6 is 0 Å². The largest absolute Gasteiger partial charge is 0.480 e. The number of carboxylic acid groups (broad SMARTS) is 1. The number of carbonyl (C=O) groups is 2. The van der Waals surface area contributed by atoms with Gasteiger partial charge in [0.25, 0.3) is 5.91 Å². The van der Waals surface area contributed by atoms with Crippen LogP contribution in [0.2, 0.25) is 0 Å². The summed E-state index contributed by atoms with van der Waals surface area (Å²) in [5, 5.41) is 22.1. The third kappa shape index (κ3) is 6.43. The van der Waals surface area contributed by atoms with Gasteiger partial charge in [-0.2, -0.15) is 10.2 Å². The first-order chi connectivity index (χ1) is 15.5. The van der Waals surface area contributed by atoms with Gasteiger partial charge in [0, 0.05) is 31.9 Å². The molecule has 32 heavy (non-hydrogen) atoms. The number of halogens is 1. The standard InChI is InChI=1S/C22H28FN5O4/c1-14-19(17(23)13-25-28-14)21(29)27-18(22(30)31)9-12-32-11-3-2-6-16-8-7-15-5-4-10-24-20(15)26-16/h7-8,13,18H,2-6,9-12H2,1H3,(H,24,26)(H,27,29)(H,30,31)/t18-/m0/s1. The fourth-order valence-corrected chi connectivity index (χ4v) is 3.54. The number of hydrogen-bond donors (Lipinski definition) is 3. The van der Waals surface area contributed by atoms with E-state index < -0.39 is 23.7 Å². The predicted octanol–water partition coefficient (Wildman–Crippen LogP) is 2.29. The average Bonchev–Trinajstić information content (AvgIpc) is 2.77. The van der Waals surface area contributed by atoms with Gasteiger partial charge >= 0.3 is 5.97 Å². The molecule has 0 fully saturated rings. The number of ether oxygens (including phenoxy) is 1. The second-order valence-electron chi connectivity index (χ2n) is 7.72. The summed E-state index contributed by atoms with van der Waals surface area (Å²) in [5.74, 6) is -1.91. The van der Waals surface area contributed by atoms with E-state index in [1.54, 1.807) is 0 Å². The molecule has 1 aliphatic rings. The zero-order valence-corrected chi connectivity index (χ0v) is 18.1. The van der Waals surface area contributed by atoms with Gasteiger partial charge in [-0.3, -0.25) is 4.79 Å². The number of carbonyl (C=O) groups excluding carboxylic acids is 1. The Kier molecular flexibility index (Phi) is 8.43. The van der Waals surface area contributed by atoms with Gasteiger partial charge in [-0.25, -0.2) is 14.2 Å². The van der Waals surface area contributed by atoms with Crippen LogP contribution in [0.25, 0.3) is 0 Å². The number of nitrogens with one attached hydrogen (secondary N) is 2. The molecule has 3 heterocycles. The lowest BCUT2D eigenvalue weighted by Gasteiger charge is -2.17. The molecule has 9 nitrogen and oxygen atoms in total. The Balaban J connectivity index is 1.36. The number of unbranched alkanes of at least 4 members (excludes halogenated alkanes) is 1. The molecule has 3 N–H and O–H groups in total. The van der Waals surface area contributed by atoms with Crippen molar-refractivity contribution in [3.63, 3.8) is 0 Å². The number of pyridine rings is 1. The molecular weight excluding hydrogens is 417 g/mol. The number of aliphatic carboxylic acids is 1. The molecule has 0 aromatic carbocycles. The first kappa shape index (κ1) is 23.5. The van der Waals surface area contributed by atoms with Crippen LogP contribution in [0.1, 0.15) is 53.0 Å². The lowest BCUT2D eigenvalue weighted by molar-refractivity contribution is -0.139. The Hall–Kier alpha value is -3.14. The molecule has 10 heteroatoms.